The molecule has 0 spiro atoms. The van der Waals surface area contributed by atoms with Crippen LogP contribution in [0.25, 0.3) is 0 Å². The quantitative estimate of drug-likeness (QED) is 0.816. The zero-order chi connectivity index (χ0) is 11.6. The Bertz CT molecular complexity index is 333. The summed E-state index contributed by atoms with van der Waals surface area (Å²) in [5.41, 5.74) is 6.53. The first kappa shape index (κ1) is 12.5. The number of hydrogen-bond donors (Lipinski definition) is 2. The van der Waals surface area contributed by atoms with Gasteiger partial charge >= 0.3 is 0 Å². The van der Waals surface area contributed by atoms with E-state index in [2.05, 4.69) is 0 Å². The molecule has 0 radical (unpaired) electrons. The summed E-state index contributed by atoms with van der Waals surface area (Å²) in [6, 6.07) is 6.91. The van der Waals surface area contributed by atoms with Crippen molar-refractivity contribution in [1.82, 2.24) is 0 Å². The summed E-state index contributed by atoms with van der Waals surface area (Å²) in [5.74, 6) is 0. The second kappa shape index (κ2) is 4.52. The number of hydrogen-bond acceptors (Lipinski definition) is 2. The van der Waals surface area contributed by atoms with Gasteiger partial charge in [0.25, 0.3) is 0 Å². The van der Waals surface area contributed by atoms with Crippen LogP contribution in [0.2, 0.25) is 5.02 Å². The largest absolute Gasteiger partial charge is 0.391 e. The van der Waals surface area contributed by atoms with Crippen LogP contribution in [0.3, 0.4) is 0 Å². The van der Waals surface area contributed by atoms with Crippen molar-refractivity contribution in [3.05, 3.63) is 34.9 Å². The van der Waals surface area contributed by atoms with Crippen molar-refractivity contribution in [2.45, 2.75) is 32.9 Å². The van der Waals surface area contributed by atoms with Gasteiger partial charge in [-0.3, -0.25) is 0 Å². The topological polar surface area (TPSA) is 46.2 Å². The first-order valence-electron chi connectivity index (χ1n) is 5.02. The monoisotopic (exact) mass is 227 g/mol. The van der Waals surface area contributed by atoms with Crippen LogP contribution in [0.5, 0.6) is 0 Å². The van der Waals surface area contributed by atoms with Gasteiger partial charge in [0, 0.05) is 5.02 Å². The van der Waals surface area contributed by atoms with E-state index in [-0.39, 0.29) is 5.41 Å². The number of rotatable bonds is 2. The summed E-state index contributed by atoms with van der Waals surface area (Å²) >= 11 is 6.02. The Hall–Kier alpha value is -0.570. The van der Waals surface area contributed by atoms with E-state index in [1.54, 1.807) is 6.07 Å². The maximum atomic E-state index is 10.0. The highest BCUT2D eigenvalue weighted by atomic mass is 35.5. The first-order valence-corrected chi connectivity index (χ1v) is 5.40. The summed E-state index contributed by atoms with van der Waals surface area (Å²) in [5, 5.41) is 10.7. The molecule has 0 aliphatic rings. The zero-order valence-corrected chi connectivity index (χ0v) is 10.1. The standard InChI is InChI=1S/C12H18ClNO/c1-12(2,3)11(15)10(14)8-6-4-5-7-9(8)13/h4-7,10-11,15H,14H2,1-3H3/t10-,11-/m1/s1. The Morgan fingerprint density at radius 1 is 1.27 bits per heavy atom. The lowest BCUT2D eigenvalue weighted by Crippen LogP contribution is -2.37. The van der Waals surface area contributed by atoms with Crippen molar-refractivity contribution in [1.29, 1.82) is 0 Å². The fourth-order valence-electron chi connectivity index (χ4n) is 1.45. The van der Waals surface area contributed by atoms with E-state index in [0.717, 1.165) is 5.56 Å². The molecule has 2 nitrogen and oxygen atoms in total. The second-order valence-corrected chi connectivity index (χ2v) is 5.27. The third-order valence-electron chi connectivity index (χ3n) is 2.49. The van der Waals surface area contributed by atoms with E-state index < -0.39 is 12.1 Å². The van der Waals surface area contributed by atoms with E-state index in [1.165, 1.54) is 0 Å². The third-order valence-corrected chi connectivity index (χ3v) is 2.84. The molecular formula is C12H18ClNO. The molecule has 15 heavy (non-hydrogen) atoms. The highest BCUT2D eigenvalue weighted by Crippen LogP contribution is 2.31. The molecule has 0 bridgehead atoms. The minimum absolute atomic E-state index is 0.251. The predicted molar refractivity (Wildman–Crippen MR) is 63.8 cm³/mol. The highest BCUT2D eigenvalue weighted by Gasteiger charge is 2.29. The molecule has 3 N–H and O–H groups in total. The van der Waals surface area contributed by atoms with Gasteiger partial charge in [-0.1, -0.05) is 50.6 Å². The third kappa shape index (κ3) is 2.94. The SMILES string of the molecule is CC(C)(C)[C@H](O)[C@H](N)c1ccccc1Cl. The summed E-state index contributed by atoms with van der Waals surface area (Å²) in [6.07, 6.45) is -0.614. The van der Waals surface area contributed by atoms with Crippen LogP contribution < -0.4 is 5.73 Å². The molecule has 0 aromatic heterocycles. The zero-order valence-electron chi connectivity index (χ0n) is 9.37. The van der Waals surface area contributed by atoms with E-state index in [1.807, 2.05) is 39.0 Å². The van der Waals surface area contributed by atoms with Crippen molar-refractivity contribution in [2.75, 3.05) is 0 Å². The molecule has 0 saturated carbocycles. The number of benzene rings is 1. The summed E-state index contributed by atoms with van der Waals surface area (Å²) in [7, 11) is 0. The Balaban J connectivity index is 2.95. The number of aliphatic hydroxyl groups excluding tert-OH is 1. The predicted octanol–water partition coefficient (Wildman–Crippen LogP) is 2.75. The molecule has 0 aliphatic heterocycles. The van der Waals surface area contributed by atoms with Gasteiger partial charge < -0.3 is 10.8 Å². The van der Waals surface area contributed by atoms with Crippen molar-refractivity contribution >= 4 is 11.6 Å². The van der Waals surface area contributed by atoms with E-state index in [0.29, 0.717) is 5.02 Å². The number of halogens is 1. The average Bonchev–Trinajstić information content (AvgIpc) is 2.15. The van der Waals surface area contributed by atoms with Crippen molar-refractivity contribution in [3.8, 4) is 0 Å². The van der Waals surface area contributed by atoms with Crippen molar-refractivity contribution in [2.24, 2.45) is 11.1 Å². The van der Waals surface area contributed by atoms with Crippen LogP contribution in [0, 0.1) is 5.41 Å². The first-order chi connectivity index (χ1) is 6.84. The van der Waals surface area contributed by atoms with Crippen LogP contribution in [-0.2, 0) is 0 Å². The van der Waals surface area contributed by atoms with E-state index in [4.69, 9.17) is 17.3 Å². The van der Waals surface area contributed by atoms with Gasteiger partial charge in [-0.05, 0) is 17.0 Å². The smallest absolute Gasteiger partial charge is 0.0781 e. The molecular weight excluding hydrogens is 210 g/mol. The van der Waals surface area contributed by atoms with Crippen molar-refractivity contribution < 1.29 is 5.11 Å². The molecule has 1 aromatic rings. The molecule has 0 saturated heterocycles. The minimum atomic E-state index is -0.614. The Morgan fingerprint density at radius 2 is 1.80 bits per heavy atom. The van der Waals surface area contributed by atoms with Gasteiger partial charge in [0.1, 0.15) is 0 Å². The van der Waals surface area contributed by atoms with Crippen molar-refractivity contribution in [3.63, 3.8) is 0 Å². The Kier molecular flexibility index (Phi) is 3.77. The van der Waals surface area contributed by atoms with Gasteiger partial charge in [-0.25, -0.2) is 0 Å². The highest BCUT2D eigenvalue weighted by molar-refractivity contribution is 6.31. The molecule has 2 atom stereocenters. The van der Waals surface area contributed by atoms with Crippen LogP contribution >= 0.6 is 11.6 Å². The van der Waals surface area contributed by atoms with Crippen LogP contribution in [0.4, 0.5) is 0 Å². The molecule has 0 fully saturated rings. The second-order valence-electron chi connectivity index (χ2n) is 4.86. The average molecular weight is 228 g/mol. The molecule has 3 heteroatoms. The van der Waals surface area contributed by atoms with Crippen LogP contribution in [0.15, 0.2) is 24.3 Å². The Morgan fingerprint density at radius 3 is 2.27 bits per heavy atom. The Labute approximate surface area is 96.1 Å². The fourth-order valence-corrected chi connectivity index (χ4v) is 1.72. The van der Waals surface area contributed by atoms with Gasteiger partial charge in [0.2, 0.25) is 0 Å². The molecule has 0 amide bonds. The van der Waals surface area contributed by atoms with E-state index in [9.17, 15) is 5.11 Å². The van der Waals surface area contributed by atoms with Crippen LogP contribution in [-0.4, -0.2) is 11.2 Å². The fraction of sp³-hybridized carbons (Fsp3) is 0.500. The summed E-state index contributed by atoms with van der Waals surface area (Å²) in [4.78, 5) is 0. The molecule has 0 aliphatic carbocycles. The van der Waals surface area contributed by atoms with Gasteiger partial charge in [-0.2, -0.15) is 0 Å². The number of nitrogens with two attached hydrogens (primary N) is 1. The maximum Gasteiger partial charge on any atom is 0.0781 e. The lowest BCUT2D eigenvalue weighted by molar-refractivity contribution is 0.0401. The van der Waals surface area contributed by atoms with E-state index >= 15 is 0 Å². The van der Waals surface area contributed by atoms with Gasteiger partial charge in [0.05, 0.1) is 12.1 Å². The maximum absolute atomic E-state index is 10.0. The molecule has 0 heterocycles. The molecule has 84 valence electrons. The lowest BCUT2D eigenvalue weighted by atomic mass is 9.82. The molecule has 1 aromatic carbocycles. The molecule has 1 rings (SSSR count). The summed E-state index contributed by atoms with van der Waals surface area (Å²) in [6.45, 7) is 5.86. The molecule has 0 unspecified atom stereocenters. The lowest BCUT2D eigenvalue weighted by Gasteiger charge is -2.31. The summed E-state index contributed by atoms with van der Waals surface area (Å²) < 4.78 is 0. The van der Waals surface area contributed by atoms with Gasteiger partial charge in [0.15, 0.2) is 0 Å². The van der Waals surface area contributed by atoms with Crippen LogP contribution in [0.1, 0.15) is 32.4 Å². The van der Waals surface area contributed by atoms with Gasteiger partial charge in [-0.15, -0.1) is 0 Å². The minimum Gasteiger partial charge on any atom is -0.391 e. The number of aliphatic hydroxyl groups is 1. The normalized spacial score (nSPS) is 16.1.